The smallest absolute Gasteiger partial charge is 0.0379 e. The van der Waals surface area contributed by atoms with Crippen LogP contribution in [0.5, 0.6) is 0 Å². The molecule has 3 heteroatoms. The fourth-order valence-corrected chi connectivity index (χ4v) is 1.82. The van der Waals surface area contributed by atoms with Gasteiger partial charge in [0.05, 0.1) is 0 Å². The van der Waals surface area contributed by atoms with Crippen molar-refractivity contribution >= 4 is 17.5 Å². The molecule has 0 rings (SSSR count). The first-order valence-corrected chi connectivity index (χ1v) is 5.15. The molecule has 0 saturated carbocycles. The Bertz CT molecular complexity index is 225. The molecule has 0 bridgehead atoms. The van der Waals surface area contributed by atoms with Gasteiger partial charge in [0.2, 0.25) is 0 Å². The average Bonchev–Trinajstić information content (AvgIpc) is 1.80. The van der Waals surface area contributed by atoms with Crippen molar-refractivity contribution in [2.45, 2.75) is 32.4 Å². The van der Waals surface area contributed by atoms with Gasteiger partial charge in [-0.15, -0.1) is 11.8 Å². The van der Waals surface area contributed by atoms with Crippen LogP contribution in [0.3, 0.4) is 0 Å². The minimum Gasteiger partial charge on any atom is -0.402 e. The maximum atomic E-state index is 7.56. The highest BCUT2D eigenvalue weighted by Gasteiger charge is 2.01. The van der Waals surface area contributed by atoms with Gasteiger partial charge in [-0.3, -0.25) is 0 Å². The summed E-state index contributed by atoms with van der Waals surface area (Å²) >= 11 is 1.70. The van der Waals surface area contributed by atoms with Crippen LogP contribution in [0.4, 0.5) is 0 Å². The van der Waals surface area contributed by atoms with Crippen LogP contribution >= 0.6 is 11.8 Å². The maximum absolute atomic E-state index is 7.56. The Morgan fingerprint density at radius 2 is 2.15 bits per heavy atom. The van der Waals surface area contributed by atoms with Gasteiger partial charge in [0.1, 0.15) is 0 Å². The third kappa shape index (κ3) is 7.65. The molecule has 0 amide bonds. The molecule has 0 radical (unpaired) electrons. The summed E-state index contributed by atoms with van der Waals surface area (Å²) in [6.45, 7) is 9.91. The standard InChI is InChI=1S/C10H18N2S/c1-7(2)13-9(4)6-10(12)5-8(3)11/h5,7,12H,4,6,11H2,1-3H3/b8-5-,12-10?. The van der Waals surface area contributed by atoms with Crippen LogP contribution in [0.15, 0.2) is 23.3 Å². The van der Waals surface area contributed by atoms with Gasteiger partial charge in [-0.05, 0) is 17.9 Å². The molecule has 0 aliphatic heterocycles. The normalized spacial score (nSPS) is 11.8. The molecule has 0 aromatic rings. The molecule has 3 N–H and O–H groups in total. The lowest BCUT2D eigenvalue weighted by molar-refractivity contribution is 1.11. The second-order valence-corrected chi connectivity index (χ2v) is 5.05. The lowest BCUT2D eigenvalue weighted by Gasteiger charge is -2.07. The highest BCUT2D eigenvalue weighted by Crippen LogP contribution is 2.22. The second kappa shape index (κ2) is 5.86. The maximum Gasteiger partial charge on any atom is 0.0379 e. The van der Waals surface area contributed by atoms with E-state index in [-0.39, 0.29) is 0 Å². The van der Waals surface area contributed by atoms with E-state index in [0.717, 1.165) is 4.91 Å². The molecule has 13 heavy (non-hydrogen) atoms. The number of allylic oxidation sites excluding steroid dienone is 3. The number of hydrogen-bond donors (Lipinski definition) is 2. The van der Waals surface area contributed by atoms with E-state index < -0.39 is 0 Å². The molecule has 74 valence electrons. The Labute approximate surface area is 84.8 Å². The molecule has 0 saturated heterocycles. The minimum atomic E-state index is 0.526. The zero-order valence-electron chi connectivity index (χ0n) is 8.55. The predicted molar refractivity (Wildman–Crippen MR) is 62.2 cm³/mol. The Morgan fingerprint density at radius 1 is 1.62 bits per heavy atom. The number of thioether (sulfide) groups is 1. The van der Waals surface area contributed by atoms with Crippen LogP contribution in [0.25, 0.3) is 0 Å². The van der Waals surface area contributed by atoms with Gasteiger partial charge in [0.15, 0.2) is 0 Å². The Balaban J connectivity index is 3.93. The van der Waals surface area contributed by atoms with Gasteiger partial charge < -0.3 is 11.1 Å². The van der Waals surface area contributed by atoms with E-state index in [1.54, 1.807) is 24.8 Å². The van der Waals surface area contributed by atoms with Crippen LogP contribution in [0.2, 0.25) is 0 Å². The van der Waals surface area contributed by atoms with E-state index in [2.05, 4.69) is 20.4 Å². The molecule has 0 aliphatic carbocycles. The Morgan fingerprint density at radius 3 is 2.54 bits per heavy atom. The highest BCUT2D eigenvalue weighted by atomic mass is 32.2. The van der Waals surface area contributed by atoms with E-state index >= 15 is 0 Å². The molecular formula is C10H18N2S. The quantitative estimate of drug-likeness (QED) is 0.667. The molecule has 0 heterocycles. The van der Waals surface area contributed by atoms with Gasteiger partial charge in [-0.1, -0.05) is 20.4 Å². The van der Waals surface area contributed by atoms with Crippen LogP contribution in [-0.2, 0) is 0 Å². The second-order valence-electron chi connectivity index (χ2n) is 3.30. The largest absolute Gasteiger partial charge is 0.402 e. The zero-order valence-corrected chi connectivity index (χ0v) is 9.37. The molecule has 0 aliphatic rings. The Hall–Kier alpha value is -0.700. The molecule has 2 nitrogen and oxygen atoms in total. The van der Waals surface area contributed by atoms with Gasteiger partial charge in [-0.2, -0.15) is 0 Å². The number of nitrogens with one attached hydrogen (secondary N) is 1. The van der Waals surface area contributed by atoms with Gasteiger partial charge in [0.25, 0.3) is 0 Å². The summed E-state index contributed by atoms with van der Waals surface area (Å²) in [6, 6.07) is 0. The lowest BCUT2D eigenvalue weighted by atomic mass is 10.2. The third-order valence-corrected chi connectivity index (χ3v) is 2.14. The molecule has 0 unspecified atom stereocenters. The topological polar surface area (TPSA) is 49.9 Å². The summed E-state index contributed by atoms with van der Waals surface area (Å²) in [5, 5.41) is 8.09. The van der Waals surface area contributed by atoms with E-state index in [4.69, 9.17) is 11.1 Å². The van der Waals surface area contributed by atoms with Crippen molar-refractivity contribution in [2.75, 3.05) is 0 Å². The average molecular weight is 198 g/mol. The van der Waals surface area contributed by atoms with Crippen LogP contribution < -0.4 is 5.73 Å². The van der Waals surface area contributed by atoms with Crippen molar-refractivity contribution < 1.29 is 0 Å². The molecule has 0 aromatic heterocycles. The van der Waals surface area contributed by atoms with E-state index in [9.17, 15) is 0 Å². The van der Waals surface area contributed by atoms with Gasteiger partial charge in [0, 0.05) is 23.1 Å². The number of rotatable bonds is 5. The first-order chi connectivity index (χ1) is 5.91. The summed E-state index contributed by atoms with van der Waals surface area (Å²) in [7, 11) is 0. The SMILES string of the molecule is C=C(CC(=N)/C=C(/C)N)SC(C)C. The fourth-order valence-electron chi connectivity index (χ4n) is 0.913. The van der Waals surface area contributed by atoms with Crippen LogP contribution in [-0.4, -0.2) is 11.0 Å². The van der Waals surface area contributed by atoms with Crippen molar-refractivity contribution in [3.63, 3.8) is 0 Å². The number of nitrogens with two attached hydrogens (primary N) is 1. The van der Waals surface area contributed by atoms with Gasteiger partial charge >= 0.3 is 0 Å². The third-order valence-electron chi connectivity index (χ3n) is 1.19. The van der Waals surface area contributed by atoms with Crippen molar-refractivity contribution in [1.29, 1.82) is 5.41 Å². The summed E-state index contributed by atoms with van der Waals surface area (Å²) in [5.41, 5.74) is 6.65. The summed E-state index contributed by atoms with van der Waals surface area (Å²) in [5.74, 6) is 0. The molecule has 0 aromatic carbocycles. The molecule has 0 spiro atoms. The summed E-state index contributed by atoms with van der Waals surface area (Å²) < 4.78 is 0. The minimum absolute atomic E-state index is 0.526. The zero-order chi connectivity index (χ0) is 10.4. The van der Waals surface area contributed by atoms with Crippen LogP contribution in [0, 0.1) is 5.41 Å². The summed E-state index contributed by atoms with van der Waals surface area (Å²) in [6.07, 6.45) is 2.28. The van der Waals surface area contributed by atoms with Crippen LogP contribution in [0.1, 0.15) is 27.2 Å². The fraction of sp³-hybridized carbons (Fsp3) is 0.500. The molecule has 0 fully saturated rings. The van der Waals surface area contributed by atoms with E-state index in [1.165, 1.54) is 0 Å². The highest BCUT2D eigenvalue weighted by molar-refractivity contribution is 8.03. The summed E-state index contributed by atoms with van der Waals surface area (Å²) in [4.78, 5) is 1.03. The first-order valence-electron chi connectivity index (χ1n) is 4.27. The van der Waals surface area contributed by atoms with Crippen molar-refractivity contribution in [2.24, 2.45) is 5.73 Å². The van der Waals surface area contributed by atoms with Crippen molar-refractivity contribution in [1.82, 2.24) is 0 Å². The Kier molecular flexibility index (Phi) is 5.55. The predicted octanol–water partition coefficient (Wildman–Crippen LogP) is 2.91. The molecule has 0 atom stereocenters. The van der Waals surface area contributed by atoms with Crippen molar-refractivity contribution in [3.05, 3.63) is 23.3 Å². The molecular weight excluding hydrogens is 180 g/mol. The lowest BCUT2D eigenvalue weighted by Crippen LogP contribution is -1.99. The monoisotopic (exact) mass is 198 g/mol. The first kappa shape index (κ1) is 12.3. The van der Waals surface area contributed by atoms with Crippen molar-refractivity contribution in [3.8, 4) is 0 Å². The van der Waals surface area contributed by atoms with E-state index in [0.29, 0.717) is 23.1 Å². The van der Waals surface area contributed by atoms with E-state index in [1.807, 2.05) is 0 Å². The van der Waals surface area contributed by atoms with Gasteiger partial charge in [-0.25, -0.2) is 0 Å². The number of hydrogen-bond acceptors (Lipinski definition) is 3.